The summed E-state index contributed by atoms with van der Waals surface area (Å²) in [4.78, 5) is 16.7. The van der Waals surface area contributed by atoms with Gasteiger partial charge < -0.3 is 5.73 Å². The van der Waals surface area contributed by atoms with Gasteiger partial charge in [0.05, 0.1) is 6.54 Å². The Bertz CT molecular complexity index is 516. The molecule has 1 aromatic rings. The molecule has 1 atom stereocenters. The second-order valence-corrected chi connectivity index (χ2v) is 4.04. The summed E-state index contributed by atoms with van der Waals surface area (Å²) in [6.07, 6.45) is 5.22. The van der Waals surface area contributed by atoms with Gasteiger partial charge in [0.2, 0.25) is 0 Å². The lowest BCUT2D eigenvalue weighted by atomic mass is 10.1. The summed E-state index contributed by atoms with van der Waals surface area (Å²) < 4.78 is 0. The molecule has 1 aliphatic heterocycles. The number of carbonyl (C=O) groups excluding carboxylic acids is 1. The van der Waals surface area contributed by atoms with Crippen molar-refractivity contribution in [3.05, 3.63) is 34.9 Å². The van der Waals surface area contributed by atoms with Crippen LogP contribution in [0.15, 0.2) is 29.3 Å². The Hall–Kier alpha value is -1.99. The smallest absolute Gasteiger partial charge is 0.346 e. The molecule has 0 spiro atoms. The molecule has 17 heavy (non-hydrogen) atoms. The molecule has 1 aliphatic rings. The standard InChI is InChI=1S/C12H10ClN3O/c1-2-7-16-10(11(14)15-12(16)17)8-3-5-9(13)6-4-8/h1,3-6,10H,7H2,(H2,14,15,17). The molecular formula is C12H10ClN3O. The van der Waals surface area contributed by atoms with Crippen molar-refractivity contribution in [1.82, 2.24) is 4.90 Å². The van der Waals surface area contributed by atoms with Crippen LogP contribution in [0.2, 0.25) is 5.02 Å². The summed E-state index contributed by atoms with van der Waals surface area (Å²) in [5.74, 6) is 2.68. The Balaban J connectivity index is 2.36. The Labute approximate surface area is 104 Å². The molecule has 2 rings (SSSR count). The molecule has 0 aromatic heterocycles. The van der Waals surface area contributed by atoms with Gasteiger partial charge in [-0.25, -0.2) is 4.79 Å². The zero-order valence-electron chi connectivity index (χ0n) is 8.93. The molecule has 0 saturated heterocycles. The van der Waals surface area contributed by atoms with Gasteiger partial charge in [0.15, 0.2) is 0 Å². The molecule has 2 N–H and O–H groups in total. The first-order chi connectivity index (χ1) is 8.13. The summed E-state index contributed by atoms with van der Waals surface area (Å²) in [5, 5.41) is 0.622. The monoisotopic (exact) mass is 247 g/mol. The van der Waals surface area contributed by atoms with Gasteiger partial charge in [0.1, 0.15) is 11.9 Å². The molecule has 4 nitrogen and oxygen atoms in total. The van der Waals surface area contributed by atoms with Crippen molar-refractivity contribution in [2.24, 2.45) is 10.7 Å². The number of terminal acetylenes is 1. The van der Waals surface area contributed by atoms with Crippen molar-refractivity contribution in [2.75, 3.05) is 6.54 Å². The number of urea groups is 1. The van der Waals surface area contributed by atoms with E-state index in [4.69, 9.17) is 23.8 Å². The molecule has 0 saturated carbocycles. The van der Waals surface area contributed by atoms with Crippen LogP contribution in [0.25, 0.3) is 0 Å². The van der Waals surface area contributed by atoms with Crippen molar-refractivity contribution in [3.8, 4) is 12.3 Å². The first kappa shape index (κ1) is 11.5. The molecule has 1 heterocycles. The maximum atomic E-state index is 11.6. The van der Waals surface area contributed by atoms with E-state index in [1.807, 2.05) is 0 Å². The highest BCUT2D eigenvalue weighted by molar-refractivity contribution is 6.30. The van der Waals surface area contributed by atoms with Crippen LogP contribution in [0.5, 0.6) is 0 Å². The molecule has 0 radical (unpaired) electrons. The number of nitrogens with two attached hydrogens (primary N) is 1. The molecule has 86 valence electrons. The highest BCUT2D eigenvalue weighted by atomic mass is 35.5. The van der Waals surface area contributed by atoms with E-state index in [1.54, 1.807) is 24.3 Å². The number of hydrogen-bond acceptors (Lipinski definition) is 2. The molecule has 0 aliphatic carbocycles. The minimum absolute atomic E-state index is 0.177. The minimum Gasteiger partial charge on any atom is -0.385 e. The number of halogens is 1. The minimum atomic E-state index is -0.402. The van der Waals surface area contributed by atoms with Gasteiger partial charge in [-0.2, -0.15) is 4.99 Å². The van der Waals surface area contributed by atoms with Crippen LogP contribution >= 0.6 is 11.6 Å². The van der Waals surface area contributed by atoms with Gasteiger partial charge in [-0.1, -0.05) is 29.7 Å². The fourth-order valence-corrected chi connectivity index (χ4v) is 1.88. The highest BCUT2D eigenvalue weighted by Gasteiger charge is 2.33. The maximum Gasteiger partial charge on any atom is 0.346 e. The largest absolute Gasteiger partial charge is 0.385 e. The average Bonchev–Trinajstić information content (AvgIpc) is 2.56. The molecular weight excluding hydrogens is 238 g/mol. The molecule has 1 aromatic carbocycles. The van der Waals surface area contributed by atoms with Crippen molar-refractivity contribution in [3.63, 3.8) is 0 Å². The van der Waals surface area contributed by atoms with Crippen LogP contribution < -0.4 is 5.73 Å². The zero-order valence-corrected chi connectivity index (χ0v) is 9.69. The van der Waals surface area contributed by atoms with Crippen LogP contribution in [0.1, 0.15) is 11.6 Å². The Morgan fingerprint density at radius 3 is 2.71 bits per heavy atom. The average molecular weight is 248 g/mol. The summed E-state index contributed by atoms with van der Waals surface area (Å²) >= 11 is 5.81. The third-order valence-electron chi connectivity index (χ3n) is 2.51. The number of benzene rings is 1. The van der Waals surface area contributed by atoms with E-state index in [2.05, 4.69) is 10.9 Å². The van der Waals surface area contributed by atoms with E-state index in [1.165, 1.54) is 4.90 Å². The predicted octanol–water partition coefficient (Wildman–Crippen LogP) is 1.81. The van der Waals surface area contributed by atoms with E-state index in [-0.39, 0.29) is 12.4 Å². The summed E-state index contributed by atoms with van der Waals surface area (Å²) in [7, 11) is 0. The molecule has 0 fully saturated rings. The van der Waals surface area contributed by atoms with Crippen LogP contribution in [0.4, 0.5) is 4.79 Å². The van der Waals surface area contributed by atoms with E-state index in [9.17, 15) is 4.79 Å². The number of carbonyl (C=O) groups is 1. The fourth-order valence-electron chi connectivity index (χ4n) is 1.76. The topological polar surface area (TPSA) is 58.7 Å². The molecule has 1 unspecified atom stereocenters. The second kappa shape index (κ2) is 4.48. The third-order valence-corrected chi connectivity index (χ3v) is 2.76. The van der Waals surface area contributed by atoms with Crippen LogP contribution in [-0.4, -0.2) is 23.3 Å². The summed E-state index contributed by atoms with van der Waals surface area (Å²) in [6.45, 7) is 0.177. The number of amides is 2. The Morgan fingerprint density at radius 2 is 2.12 bits per heavy atom. The van der Waals surface area contributed by atoms with Gasteiger partial charge in [-0.15, -0.1) is 6.42 Å². The Morgan fingerprint density at radius 1 is 1.47 bits per heavy atom. The van der Waals surface area contributed by atoms with Crippen molar-refractivity contribution < 1.29 is 4.79 Å². The SMILES string of the molecule is C#CCN1C(=O)N=C(N)C1c1ccc(Cl)cc1. The van der Waals surface area contributed by atoms with Crippen molar-refractivity contribution >= 4 is 23.5 Å². The summed E-state index contributed by atoms with van der Waals surface area (Å²) in [6, 6.07) is 6.29. The molecule has 5 heteroatoms. The first-order valence-corrected chi connectivity index (χ1v) is 5.35. The lowest BCUT2D eigenvalue weighted by molar-refractivity contribution is 0.213. The Kier molecular flexibility index (Phi) is 3.03. The van der Waals surface area contributed by atoms with Crippen LogP contribution in [0, 0.1) is 12.3 Å². The predicted molar refractivity (Wildman–Crippen MR) is 66.8 cm³/mol. The van der Waals surface area contributed by atoms with Gasteiger partial charge in [0, 0.05) is 5.02 Å². The van der Waals surface area contributed by atoms with Gasteiger partial charge in [0.25, 0.3) is 0 Å². The maximum absolute atomic E-state index is 11.6. The molecule has 2 amide bonds. The zero-order chi connectivity index (χ0) is 12.4. The lowest BCUT2D eigenvalue weighted by Gasteiger charge is -2.22. The lowest BCUT2D eigenvalue weighted by Crippen LogP contribution is -2.33. The van der Waals surface area contributed by atoms with Gasteiger partial charge >= 0.3 is 6.03 Å². The van der Waals surface area contributed by atoms with Crippen molar-refractivity contribution in [2.45, 2.75) is 6.04 Å². The number of nitrogens with zero attached hydrogens (tertiary/aromatic N) is 2. The van der Waals surface area contributed by atoms with Crippen molar-refractivity contribution in [1.29, 1.82) is 0 Å². The third kappa shape index (κ3) is 2.10. The van der Waals surface area contributed by atoms with E-state index >= 15 is 0 Å². The van der Waals surface area contributed by atoms with E-state index < -0.39 is 12.1 Å². The van der Waals surface area contributed by atoms with Gasteiger partial charge in [-0.05, 0) is 17.7 Å². The number of rotatable bonds is 2. The number of amidine groups is 1. The van der Waals surface area contributed by atoms with Crippen LogP contribution in [0.3, 0.4) is 0 Å². The summed E-state index contributed by atoms with van der Waals surface area (Å²) in [5.41, 5.74) is 6.59. The van der Waals surface area contributed by atoms with Crippen LogP contribution in [-0.2, 0) is 0 Å². The molecule has 0 bridgehead atoms. The van der Waals surface area contributed by atoms with Gasteiger partial charge in [-0.3, -0.25) is 4.90 Å². The quantitative estimate of drug-likeness (QED) is 0.811. The fraction of sp³-hybridized carbons (Fsp3) is 0.167. The van der Waals surface area contributed by atoms with E-state index in [0.29, 0.717) is 5.02 Å². The highest BCUT2D eigenvalue weighted by Crippen LogP contribution is 2.27. The first-order valence-electron chi connectivity index (χ1n) is 4.97. The second-order valence-electron chi connectivity index (χ2n) is 3.61. The van der Waals surface area contributed by atoms with E-state index in [0.717, 1.165) is 5.56 Å². The normalized spacial score (nSPS) is 19.1. The number of hydrogen-bond donors (Lipinski definition) is 1. The number of aliphatic imine (C=N–C) groups is 1.